The predicted octanol–water partition coefficient (Wildman–Crippen LogP) is 4.52. The molecule has 3 rings (SSSR count). The van der Waals surface area contributed by atoms with Crippen molar-refractivity contribution in [1.82, 2.24) is 0 Å². The quantitative estimate of drug-likeness (QED) is 0.497. The Morgan fingerprint density at radius 1 is 0.889 bits per heavy atom. The number of nitrogens with two attached hydrogens (primary N) is 1. The summed E-state index contributed by atoms with van der Waals surface area (Å²) >= 11 is 0. The second-order valence-electron chi connectivity index (χ2n) is 6.27. The van der Waals surface area contributed by atoms with E-state index in [0.29, 0.717) is 22.6 Å². The van der Waals surface area contributed by atoms with E-state index in [2.05, 4.69) is 0 Å². The summed E-state index contributed by atoms with van der Waals surface area (Å²) in [5.74, 6) is -0.173. The highest BCUT2D eigenvalue weighted by atomic mass is 16.5. The van der Waals surface area contributed by atoms with Gasteiger partial charge in [-0.3, -0.25) is 9.59 Å². The molecule has 3 aromatic rings. The minimum Gasteiger partial charge on any atom is -0.497 e. The van der Waals surface area contributed by atoms with Crippen molar-refractivity contribution in [3.63, 3.8) is 0 Å². The normalized spacial score (nSPS) is 11.6. The molecule has 0 aliphatic carbocycles. The molecule has 4 nitrogen and oxygen atoms in total. The van der Waals surface area contributed by atoms with E-state index in [9.17, 15) is 9.59 Å². The second kappa shape index (κ2) is 8.32. The van der Waals surface area contributed by atoms with E-state index in [1.165, 1.54) is 0 Å². The number of carbonyl (C=O) groups excluding carboxylic acids is 2. The Bertz CT molecular complexity index is 933. The highest BCUT2D eigenvalue weighted by molar-refractivity contribution is 6.08. The van der Waals surface area contributed by atoms with E-state index in [1.54, 1.807) is 55.6 Å². The van der Waals surface area contributed by atoms with Crippen LogP contribution in [0.4, 0.5) is 5.69 Å². The minimum atomic E-state index is -0.617. The summed E-state index contributed by atoms with van der Waals surface area (Å²) in [6.07, 6.45) is 0.0729. The van der Waals surface area contributed by atoms with Gasteiger partial charge in [-0.1, -0.05) is 54.6 Å². The number of anilines is 1. The van der Waals surface area contributed by atoms with Gasteiger partial charge < -0.3 is 10.5 Å². The zero-order valence-electron chi connectivity index (χ0n) is 15.1. The molecule has 0 spiro atoms. The maximum absolute atomic E-state index is 13.2. The molecule has 0 aromatic heterocycles. The summed E-state index contributed by atoms with van der Waals surface area (Å²) in [7, 11) is 1.58. The van der Waals surface area contributed by atoms with Gasteiger partial charge in [-0.15, -0.1) is 0 Å². The van der Waals surface area contributed by atoms with E-state index in [1.807, 2.05) is 30.3 Å². The van der Waals surface area contributed by atoms with Crippen LogP contribution in [0.2, 0.25) is 0 Å². The number of ketones is 2. The first-order chi connectivity index (χ1) is 13.1. The standard InChI is InChI=1S/C23H21NO3/c1-27-18-13-11-16(12-14-18)20(15-22(25)17-7-3-2-4-8-17)23(26)19-9-5-6-10-21(19)24/h2-14,20H,15,24H2,1H3. The highest BCUT2D eigenvalue weighted by Gasteiger charge is 2.26. The molecule has 136 valence electrons. The fourth-order valence-electron chi connectivity index (χ4n) is 3.03. The largest absolute Gasteiger partial charge is 0.497 e. The summed E-state index contributed by atoms with van der Waals surface area (Å²) in [6.45, 7) is 0. The first kappa shape index (κ1) is 18.4. The summed E-state index contributed by atoms with van der Waals surface area (Å²) in [4.78, 5) is 26.0. The minimum absolute atomic E-state index is 0.0729. The van der Waals surface area contributed by atoms with Gasteiger partial charge in [0, 0.05) is 23.2 Å². The molecule has 0 heterocycles. The van der Waals surface area contributed by atoms with E-state index in [0.717, 1.165) is 5.56 Å². The zero-order valence-corrected chi connectivity index (χ0v) is 15.1. The zero-order chi connectivity index (χ0) is 19.2. The number of benzene rings is 3. The SMILES string of the molecule is COc1ccc(C(CC(=O)c2ccccc2)C(=O)c2ccccc2N)cc1. The molecule has 0 saturated heterocycles. The Labute approximate surface area is 158 Å². The molecule has 0 amide bonds. The van der Waals surface area contributed by atoms with Gasteiger partial charge in [0.2, 0.25) is 0 Å². The van der Waals surface area contributed by atoms with E-state index in [4.69, 9.17) is 10.5 Å². The Balaban J connectivity index is 1.96. The first-order valence-corrected chi connectivity index (χ1v) is 8.71. The molecule has 2 N–H and O–H groups in total. The maximum atomic E-state index is 13.2. The lowest BCUT2D eigenvalue weighted by Gasteiger charge is -2.17. The van der Waals surface area contributed by atoms with Crippen LogP contribution in [0.5, 0.6) is 5.75 Å². The number of methoxy groups -OCH3 is 1. The number of hydrogen-bond acceptors (Lipinski definition) is 4. The fraction of sp³-hybridized carbons (Fsp3) is 0.130. The van der Waals surface area contributed by atoms with E-state index in [-0.39, 0.29) is 18.0 Å². The summed E-state index contributed by atoms with van der Waals surface area (Å²) in [5, 5.41) is 0. The number of Topliss-reactive ketones (excluding diaryl/α,β-unsaturated/α-hetero) is 2. The number of para-hydroxylation sites is 1. The van der Waals surface area contributed by atoms with Crippen molar-refractivity contribution >= 4 is 17.3 Å². The van der Waals surface area contributed by atoms with Crippen LogP contribution in [0.3, 0.4) is 0 Å². The predicted molar refractivity (Wildman–Crippen MR) is 106 cm³/mol. The van der Waals surface area contributed by atoms with Crippen LogP contribution in [0, 0.1) is 0 Å². The van der Waals surface area contributed by atoms with Gasteiger partial charge in [-0.2, -0.15) is 0 Å². The molecular formula is C23H21NO3. The smallest absolute Gasteiger partial charge is 0.172 e. The Morgan fingerprint density at radius 3 is 2.15 bits per heavy atom. The molecule has 0 aliphatic heterocycles. The van der Waals surface area contributed by atoms with Crippen LogP contribution in [0.15, 0.2) is 78.9 Å². The van der Waals surface area contributed by atoms with Gasteiger partial charge in [0.05, 0.1) is 13.0 Å². The van der Waals surface area contributed by atoms with Crippen molar-refractivity contribution in [2.24, 2.45) is 0 Å². The van der Waals surface area contributed by atoms with Crippen LogP contribution < -0.4 is 10.5 Å². The molecule has 0 radical (unpaired) electrons. The monoisotopic (exact) mass is 359 g/mol. The third kappa shape index (κ3) is 4.23. The van der Waals surface area contributed by atoms with Crippen molar-refractivity contribution in [3.8, 4) is 5.75 Å². The van der Waals surface area contributed by atoms with Crippen molar-refractivity contribution in [1.29, 1.82) is 0 Å². The third-order valence-electron chi connectivity index (χ3n) is 4.55. The molecule has 1 unspecified atom stereocenters. The molecule has 3 aromatic carbocycles. The average Bonchev–Trinajstić information content (AvgIpc) is 2.72. The van der Waals surface area contributed by atoms with Crippen molar-refractivity contribution in [2.45, 2.75) is 12.3 Å². The molecule has 0 fully saturated rings. The molecule has 0 aliphatic rings. The van der Waals surface area contributed by atoms with Gasteiger partial charge in [0.1, 0.15) is 5.75 Å². The average molecular weight is 359 g/mol. The lowest BCUT2D eigenvalue weighted by atomic mass is 9.85. The lowest BCUT2D eigenvalue weighted by molar-refractivity contribution is 0.0894. The second-order valence-corrected chi connectivity index (χ2v) is 6.27. The number of ether oxygens (including phenoxy) is 1. The van der Waals surface area contributed by atoms with Gasteiger partial charge in [0.15, 0.2) is 11.6 Å². The molecule has 1 atom stereocenters. The van der Waals surface area contributed by atoms with E-state index >= 15 is 0 Å². The van der Waals surface area contributed by atoms with Crippen LogP contribution in [0.25, 0.3) is 0 Å². The summed E-state index contributed by atoms with van der Waals surface area (Å²) < 4.78 is 5.19. The Kier molecular flexibility index (Phi) is 5.67. The van der Waals surface area contributed by atoms with Gasteiger partial charge in [0.25, 0.3) is 0 Å². The van der Waals surface area contributed by atoms with Crippen molar-refractivity contribution in [2.75, 3.05) is 12.8 Å². The summed E-state index contributed by atoms with van der Waals surface area (Å²) in [6, 6.07) is 23.2. The van der Waals surface area contributed by atoms with Crippen LogP contribution in [-0.2, 0) is 0 Å². The first-order valence-electron chi connectivity index (χ1n) is 8.71. The number of nitrogen functional groups attached to an aromatic ring is 1. The Morgan fingerprint density at radius 2 is 1.52 bits per heavy atom. The highest BCUT2D eigenvalue weighted by Crippen LogP contribution is 2.29. The molecule has 0 saturated carbocycles. The van der Waals surface area contributed by atoms with Gasteiger partial charge in [-0.05, 0) is 29.8 Å². The third-order valence-corrected chi connectivity index (χ3v) is 4.55. The number of rotatable bonds is 7. The van der Waals surface area contributed by atoms with E-state index < -0.39 is 5.92 Å². The molecule has 0 bridgehead atoms. The van der Waals surface area contributed by atoms with Crippen LogP contribution in [0.1, 0.15) is 38.6 Å². The number of carbonyl (C=O) groups is 2. The van der Waals surface area contributed by atoms with Gasteiger partial charge in [-0.25, -0.2) is 0 Å². The fourth-order valence-corrected chi connectivity index (χ4v) is 3.03. The maximum Gasteiger partial charge on any atom is 0.172 e. The molecular weight excluding hydrogens is 338 g/mol. The van der Waals surface area contributed by atoms with Gasteiger partial charge >= 0.3 is 0 Å². The Hall–Kier alpha value is -3.40. The molecule has 4 heteroatoms. The van der Waals surface area contributed by atoms with Crippen molar-refractivity contribution in [3.05, 3.63) is 95.6 Å². The molecule has 27 heavy (non-hydrogen) atoms. The topological polar surface area (TPSA) is 69.4 Å². The van der Waals surface area contributed by atoms with Crippen molar-refractivity contribution < 1.29 is 14.3 Å². The number of hydrogen-bond donors (Lipinski definition) is 1. The summed E-state index contributed by atoms with van der Waals surface area (Å²) in [5.41, 5.74) is 8.18. The van der Waals surface area contributed by atoms with Crippen LogP contribution >= 0.6 is 0 Å². The lowest BCUT2D eigenvalue weighted by Crippen LogP contribution is -2.18. The van der Waals surface area contributed by atoms with Crippen LogP contribution in [-0.4, -0.2) is 18.7 Å².